The number of ketones is 1. The van der Waals surface area contributed by atoms with Gasteiger partial charge in [0.25, 0.3) is 11.7 Å². The minimum Gasteiger partial charge on any atom is -0.507 e. The third-order valence-electron chi connectivity index (χ3n) is 12.0. The number of phenolic OH excluding ortho intramolecular Hbond substituents is 3. The summed E-state index contributed by atoms with van der Waals surface area (Å²) < 4.78 is 23.6. The second kappa shape index (κ2) is 18.4. The van der Waals surface area contributed by atoms with E-state index < -0.39 is 88.8 Å². The van der Waals surface area contributed by atoms with Gasteiger partial charge in [0.05, 0.1) is 53.0 Å². The van der Waals surface area contributed by atoms with Crippen LogP contribution in [0.5, 0.6) is 23.0 Å². The number of Topliss-reactive ketones (excluding diaryl/α,β-unsaturated/α-hetero) is 1. The Balaban J connectivity index is 1.69. The number of nitrogens with zero attached hydrogens (tertiary/aromatic N) is 1. The first-order valence-electron chi connectivity index (χ1n) is 20.1. The second-order valence-corrected chi connectivity index (χ2v) is 16.2. The highest BCUT2D eigenvalue weighted by Gasteiger charge is 2.50. The first-order valence-corrected chi connectivity index (χ1v) is 20.1. The summed E-state index contributed by atoms with van der Waals surface area (Å²) in [5, 5.41) is 64.4. The number of fused-ring (bicyclic) bond motifs is 14. The van der Waals surface area contributed by atoms with Crippen molar-refractivity contribution in [1.82, 2.24) is 0 Å². The summed E-state index contributed by atoms with van der Waals surface area (Å²) in [6, 6.07) is 0. The minimum absolute atomic E-state index is 0.0450. The minimum atomic E-state index is -2.05. The lowest BCUT2D eigenvalue weighted by Gasteiger charge is -2.38. The molecule has 0 radical (unpaired) electrons. The van der Waals surface area contributed by atoms with E-state index in [4.69, 9.17) is 23.8 Å². The smallest absolute Gasteiger partial charge is 0.312 e. The maximum atomic E-state index is 14.4. The van der Waals surface area contributed by atoms with Crippen LogP contribution < -0.4 is 10.1 Å². The van der Waals surface area contributed by atoms with Crippen molar-refractivity contribution in [2.75, 3.05) is 12.4 Å². The van der Waals surface area contributed by atoms with Gasteiger partial charge < -0.3 is 54.6 Å². The van der Waals surface area contributed by atoms with Gasteiger partial charge in [0, 0.05) is 61.2 Å². The van der Waals surface area contributed by atoms with Gasteiger partial charge in [-0.15, -0.1) is 0 Å². The SMILES string of the molecule is CO[C@H]1/C=C/O[C@@]2(C)Oc3c(C)c(O)c4c(O)c(c(/C=N/OC5CCCCC5)c(O)c4c3C2=O)NC(=O)/C(C)=C\C=C\[C@H](C)[C@H](O)[C@@H](C)[C@@H](O)[C@@H](C)[C@H](OC(C)=O)[C@@H]1C. The van der Waals surface area contributed by atoms with E-state index >= 15 is 0 Å². The number of carbonyl (C=O) groups is 3. The van der Waals surface area contributed by atoms with Crippen molar-refractivity contribution in [3.05, 3.63) is 52.8 Å². The molecule has 6 rings (SSSR count). The van der Waals surface area contributed by atoms with Gasteiger partial charge in [0.1, 0.15) is 29.5 Å². The number of carbonyl (C=O) groups excluding carboxylic acids is 3. The molecule has 6 N–H and O–H groups in total. The number of ether oxygens (including phenoxy) is 4. The molecule has 0 unspecified atom stereocenters. The van der Waals surface area contributed by atoms with Crippen molar-refractivity contribution >= 4 is 40.3 Å². The Kier molecular flexibility index (Phi) is 14.0. The van der Waals surface area contributed by atoms with Crippen molar-refractivity contribution < 1.29 is 63.7 Å². The molecule has 9 atom stereocenters. The number of anilines is 1. The molecule has 1 saturated carbocycles. The fraction of sp³-hybridized carbons (Fsp3) is 0.545. The van der Waals surface area contributed by atoms with Crippen LogP contribution in [-0.2, 0) is 28.6 Å². The number of aromatic hydroxyl groups is 3. The van der Waals surface area contributed by atoms with Crippen LogP contribution >= 0.6 is 0 Å². The number of rotatable bonds is 5. The van der Waals surface area contributed by atoms with E-state index in [-0.39, 0.29) is 50.6 Å². The number of oxime groups is 1. The Hall–Kier alpha value is -5.12. The number of amides is 1. The number of hydrogen-bond donors (Lipinski definition) is 6. The van der Waals surface area contributed by atoms with Crippen LogP contribution in [0.2, 0.25) is 0 Å². The lowest BCUT2D eigenvalue weighted by molar-refractivity contribution is -0.160. The summed E-state index contributed by atoms with van der Waals surface area (Å²) in [7, 11) is 1.43. The van der Waals surface area contributed by atoms with E-state index in [1.807, 2.05) is 0 Å². The van der Waals surface area contributed by atoms with Gasteiger partial charge >= 0.3 is 11.8 Å². The van der Waals surface area contributed by atoms with Crippen LogP contribution in [0.3, 0.4) is 0 Å². The van der Waals surface area contributed by atoms with Crippen molar-refractivity contribution in [3.8, 4) is 23.0 Å². The van der Waals surface area contributed by atoms with Crippen LogP contribution in [0.15, 0.2) is 41.3 Å². The molecule has 3 heterocycles. The monoisotopic (exact) mass is 822 g/mol. The average Bonchev–Trinajstić information content (AvgIpc) is 3.47. The highest BCUT2D eigenvalue weighted by molar-refractivity contribution is 6.23. The number of methoxy groups -OCH3 is 1. The van der Waals surface area contributed by atoms with Crippen molar-refractivity contribution in [1.29, 1.82) is 0 Å². The highest BCUT2D eigenvalue weighted by atomic mass is 16.7. The summed E-state index contributed by atoms with van der Waals surface area (Å²) in [4.78, 5) is 46.2. The Labute approximate surface area is 344 Å². The third-order valence-corrected chi connectivity index (χ3v) is 12.0. The largest absolute Gasteiger partial charge is 0.507 e. The van der Waals surface area contributed by atoms with E-state index in [0.29, 0.717) is 0 Å². The number of hydrogen-bond acceptors (Lipinski definition) is 14. The first kappa shape index (κ1) is 45.0. The molecule has 0 spiro atoms. The second-order valence-electron chi connectivity index (χ2n) is 16.2. The fourth-order valence-corrected chi connectivity index (χ4v) is 8.21. The molecule has 322 valence electrons. The summed E-state index contributed by atoms with van der Waals surface area (Å²) >= 11 is 0. The number of aliphatic hydroxyl groups is 2. The van der Waals surface area contributed by atoms with E-state index in [0.717, 1.165) is 38.3 Å². The normalized spacial score (nSPS) is 31.9. The first-order chi connectivity index (χ1) is 27.8. The molecule has 0 saturated heterocycles. The maximum absolute atomic E-state index is 14.4. The van der Waals surface area contributed by atoms with Gasteiger partial charge in [0.15, 0.2) is 5.75 Å². The molecule has 0 aromatic heterocycles. The third kappa shape index (κ3) is 9.07. The Morgan fingerprint density at radius 3 is 2.25 bits per heavy atom. The quantitative estimate of drug-likeness (QED) is 0.0629. The zero-order chi connectivity index (χ0) is 43.5. The van der Waals surface area contributed by atoms with Gasteiger partial charge in [-0.25, -0.2) is 0 Å². The molecule has 15 heteroatoms. The highest BCUT2D eigenvalue weighted by Crippen LogP contribution is 2.55. The number of phenols is 3. The summed E-state index contributed by atoms with van der Waals surface area (Å²) in [6.07, 6.45) is 9.03. The van der Waals surface area contributed by atoms with Crippen molar-refractivity contribution in [3.63, 3.8) is 0 Å². The standard InChI is InChI=1S/C44H58N2O13/c1-21-14-13-15-22(2)43(54)46-34-29(20-45-59-28-16-11-10-12-17-28)38(51)31-32(39(34)52)37(50)26(6)41-33(31)42(53)44(8,58-41)56-19-18-30(55-9)23(3)40(57-27(7)47)25(5)36(49)24(4)35(21)48/h13-15,18-21,23-25,28,30,35-36,40,48-52H,10-12,16-17H2,1-9H3,(H,46,54)/b14-13+,19-18+,22-15-,45-20+/t21-,23+,24+,25+,30-,35-,36+,40+,44-/m0/s1. The van der Waals surface area contributed by atoms with Crippen LogP contribution in [0.4, 0.5) is 5.69 Å². The molecule has 1 aliphatic carbocycles. The predicted octanol–water partition coefficient (Wildman–Crippen LogP) is 6.44. The Morgan fingerprint density at radius 1 is 0.932 bits per heavy atom. The van der Waals surface area contributed by atoms with Crippen LogP contribution in [0.25, 0.3) is 10.8 Å². The molecule has 1 amide bonds. The lowest BCUT2D eigenvalue weighted by Crippen LogP contribution is -2.46. The summed E-state index contributed by atoms with van der Waals surface area (Å²) in [5.74, 6) is -8.50. The van der Waals surface area contributed by atoms with E-state index in [2.05, 4.69) is 10.5 Å². The molecule has 5 bridgehead atoms. The molecule has 59 heavy (non-hydrogen) atoms. The van der Waals surface area contributed by atoms with E-state index in [1.54, 1.807) is 39.8 Å². The molecule has 3 aliphatic heterocycles. The molecular formula is C44H58N2O13. The predicted molar refractivity (Wildman–Crippen MR) is 219 cm³/mol. The number of allylic oxidation sites excluding steroid dienone is 2. The van der Waals surface area contributed by atoms with Crippen LogP contribution in [0, 0.1) is 30.6 Å². The van der Waals surface area contributed by atoms with Crippen molar-refractivity contribution in [2.45, 2.75) is 124 Å². The zero-order valence-electron chi connectivity index (χ0n) is 35.1. The molecule has 4 aliphatic rings. The molecule has 15 nitrogen and oxygen atoms in total. The van der Waals surface area contributed by atoms with Gasteiger partial charge in [-0.2, -0.15) is 0 Å². The zero-order valence-corrected chi connectivity index (χ0v) is 35.1. The molecular weight excluding hydrogens is 764 g/mol. The number of nitrogens with one attached hydrogen (secondary N) is 1. The summed E-state index contributed by atoms with van der Waals surface area (Å²) in [5.41, 5.74) is -0.511. The molecule has 1 fully saturated rings. The van der Waals surface area contributed by atoms with E-state index in [9.17, 15) is 39.9 Å². The van der Waals surface area contributed by atoms with Gasteiger partial charge in [-0.3, -0.25) is 14.4 Å². The Morgan fingerprint density at radius 2 is 1.61 bits per heavy atom. The summed E-state index contributed by atoms with van der Waals surface area (Å²) in [6.45, 7) is 12.5. The fourth-order valence-electron chi connectivity index (χ4n) is 8.21. The number of esters is 1. The van der Waals surface area contributed by atoms with Crippen LogP contribution in [0.1, 0.15) is 102 Å². The lowest BCUT2D eigenvalue weighted by atomic mass is 9.78. The van der Waals surface area contributed by atoms with Crippen molar-refractivity contribution in [2.24, 2.45) is 28.8 Å². The van der Waals surface area contributed by atoms with Crippen LogP contribution in [-0.4, -0.2) is 92.8 Å². The number of aliphatic hydroxyl groups excluding tert-OH is 2. The topological polar surface area (TPSA) is 223 Å². The van der Waals surface area contributed by atoms with E-state index in [1.165, 1.54) is 53.2 Å². The average molecular weight is 823 g/mol. The number of benzene rings is 2. The maximum Gasteiger partial charge on any atom is 0.312 e. The van der Waals surface area contributed by atoms with Gasteiger partial charge in [-0.1, -0.05) is 57.5 Å². The molecule has 2 aromatic rings. The van der Waals surface area contributed by atoms with Gasteiger partial charge in [0.2, 0.25) is 0 Å². The Bertz CT molecular complexity index is 2050. The van der Waals surface area contributed by atoms with Gasteiger partial charge in [-0.05, 0) is 45.6 Å². The molecule has 2 aromatic carbocycles.